The quantitative estimate of drug-likeness (QED) is 0.782. The molecule has 1 heterocycles. The van der Waals surface area contributed by atoms with E-state index in [4.69, 9.17) is 0 Å². The lowest BCUT2D eigenvalue weighted by Crippen LogP contribution is -2.48. The Bertz CT molecular complexity index is 936. The van der Waals surface area contributed by atoms with Crippen molar-refractivity contribution in [2.75, 3.05) is 13.1 Å². The van der Waals surface area contributed by atoms with Gasteiger partial charge in [0.05, 0.1) is 11.3 Å². The first kappa shape index (κ1) is 21.5. The van der Waals surface area contributed by atoms with E-state index in [1.807, 2.05) is 32.0 Å². The molecule has 1 N–H and O–H groups in total. The third kappa shape index (κ3) is 5.42. The van der Waals surface area contributed by atoms with E-state index in [0.29, 0.717) is 25.9 Å². The van der Waals surface area contributed by atoms with Gasteiger partial charge in [-0.05, 0) is 49.9 Å². The average molecular weight is 419 g/mol. The van der Waals surface area contributed by atoms with Gasteiger partial charge in [0.2, 0.25) is 15.9 Å². The number of hydrogen-bond acceptors (Lipinski definition) is 3. The lowest BCUT2D eigenvalue weighted by Gasteiger charge is -2.33. The van der Waals surface area contributed by atoms with Gasteiger partial charge in [-0.2, -0.15) is 0 Å². The van der Waals surface area contributed by atoms with Crippen molar-refractivity contribution in [2.24, 2.45) is 5.92 Å². The third-order valence-corrected chi connectivity index (χ3v) is 7.26. The standard InChI is InChI=1S/C22H27FN2O3S/c1-22(2,19-8-10-20(23)11-9-19)24-21(26)18-12-14-25(15-13-18)29(27,28)16-17-6-4-3-5-7-17/h3-11,18H,12-16H2,1-2H3,(H,24,26). The maximum absolute atomic E-state index is 13.2. The summed E-state index contributed by atoms with van der Waals surface area (Å²) >= 11 is 0. The molecule has 1 fully saturated rings. The third-order valence-electron chi connectivity index (χ3n) is 5.41. The average Bonchev–Trinajstić information content (AvgIpc) is 2.68. The van der Waals surface area contributed by atoms with Crippen LogP contribution in [-0.2, 0) is 26.1 Å². The van der Waals surface area contributed by atoms with Crippen LogP contribution in [0.3, 0.4) is 0 Å². The lowest BCUT2D eigenvalue weighted by molar-refractivity contribution is -0.127. The summed E-state index contributed by atoms with van der Waals surface area (Å²) in [5.74, 6) is -0.681. The topological polar surface area (TPSA) is 66.5 Å². The molecule has 0 radical (unpaired) electrons. The highest BCUT2D eigenvalue weighted by Gasteiger charge is 2.33. The smallest absolute Gasteiger partial charge is 0.223 e. The Balaban J connectivity index is 1.57. The summed E-state index contributed by atoms with van der Waals surface area (Å²) in [6.07, 6.45) is 0.971. The SMILES string of the molecule is CC(C)(NC(=O)C1CCN(S(=O)(=O)Cc2ccccc2)CC1)c1ccc(F)cc1. The van der Waals surface area contributed by atoms with Crippen LogP contribution in [-0.4, -0.2) is 31.7 Å². The predicted molar refractivity (Wildman–Crippen MR) is 111 cm³/mol. The van der Waals surface area contributed by atoms with E-state index in [-0.39, 0.29) is 23.4 Å². The number of carbonyl (C=O) groups is 1. The highest BCUT2D eigenvalue weighted by Crippen LogP contribution is 2.25. The minimum atomic E-state index is -3.40. The number of halogens is 1. The van der Waals surface area contributed by atoms with Crippen molar-refractivity contribution in [1.82, 2.24) is 9.62 Å². The molecule has 1 saturated heterocycles. The van der Waals surface area contributed by atoms with Crippen molar-refractivity contribution < 1.29 is 17.6 Å². The molecule has 0 spiro atoms. The molecule has 3 rings (SSSR count). The highest BCUT2D eigenvalue weighted by molar-refractivity contribution is 7.88. The second-order valence-electron chi connectivity index (χ2n) is 8.04. The molecular formula is C22H27FN2O3S. The van der Waals surface area contributed by atoms with Gasteiger partial charge in [-0.15, -0.1) is 0 Å². The summed E-state index contributed by atoms with van der Waals surface area (Å²) in [4.78, 5) is 12.7. The van der Waals surface area contributed by atoms with Crippen LogP contribution in [0.2, 0.25) is 0 Å². The van der Waals surface area contributed by atoms with Gasteiger partial charge in [0.15, 0.2) is 0 Å². The summed E-state index contributed by atoms with van der Waals surface area (Å²) in [7, 11) is -3.40. The Kier molecular flexibility index (Phi) is 6.39. The van der Waals surface area contributed by atoms with Gasteiger partial charge in [-0.1, -0.05) is 42.5 Å². The van der Waals surface area contributed by atoms with Crippen LogP contribution < -0.4 is 5.32 Å². The predicted octanol–water partition coefficient (Wildman–Crippen LogP) is 3.42. The van der Waals surface area contributed by atoms with Crippen LogP contribution in [0.15, 0.2) is 54.6 Å². The molecule has 2 aromatic rings. The van der Waals surface area contributed by atoms with E-state index in [9.17, 15) is 17.6 Å². The van der Waals surface area contributed by atoms with Gasteiger partial charge in [0.25, 0.3) is 0 Å². The van der Waals surface area contributed by atoms with E-state index < -0.39 is 15.6 Å². The van der Waals surface area contributed by atoms with Crippen molar-refractivity contribution in [3.05, 3.63) is 71.5 Å². The van der Waals surface area contributed by atoms with Crippen LogP contribution >= 0.6 is 0 Å². The normalized spacial score (nSPS) is 16.5. The fourth-order valence-electron chi connectivity index (χ4n) is 3.62. The van der Waals surface area contributed by atoms with Crippen LogP contribution in [0.25, 0.3) is 0 Å². The Labute approximate surface area is 172 Å². The number of rotatable bonds is 6. The molecule has 0 aromatic heterocycles. The highest BCUT2D eigenvalue weighted by atomic mass is 32.2. The van der Waals surface area contributed by atoms with Gasteiger partial charge in [-0.25, -0.2) is 17.1 Å². The molecule has 1 aliphatic heterocycles. The molecule has 29 heavy (non-hydrogen) atoms. The summed E-state index contributed by atoms with van der Waals surface area (Å²) in [6, 6.07) is 15.2. The van der Waals surface area contributed by atoms with Gasteiger partial charge in [0, 0.05) is 19.0 Å². The van der Waals surface area contributed by atoms with Crippen LogP contribution in [0, 0.1) is 11.7 Å². The lowest BCUT2D eigenvalue weighted by atomic mass is 9.91. The number of piperidine rings is 1. The maximum Gasteiger partial charge on any atom is 0.223 e. The van der Waals surface area contributed by atoms with Gasteiger partial charge < -0.3 is 5.32 Å². The molecule has 0 bridgehead atoms. The zero-order valence-electron chi connectivity index (χ0n) is 16.8. The van der Waals surface area contributed by atoms with E-state index in [0.717, 1.165) is 11.1 Å². The monoisotopic (exact) mass is 418 g/mol. The summed E-state index contributed by atoms with van der Waals surface area (Å²) < 4.78 is 40.0. The zero-order chi connectivity index (χ0) is 21.1. The van der Waals surface area contributed by atoms with Gasteiger partial charge >= 0.3 is 0 Å². The molecule has 1 amide bonds. The van der Waals surface area contributed by atoms with Crippen molar-refractivity contribution >= 4 is 15.9 Å². The van der Waals surface area contributed by atoms with Gasteiger partial charge in [0.1, 0.15) is 5.82 Å². The Morgan fingerprint density at radius 3 is 2.24 bits per heavy atom. The van der Waals surface area contributed by atoms with E-state index in [2.05, 4.69) is 5.32 Å². The van der Waals surface area contributed by atoms with Crippen molar-refractivity contribution in [2.45, 2.75) is 38.0 Å². The minimum Gasteiger partial charge on any atom is -0.347 e. The molecule has 156 valence electrons. The van der Waals surface area contributed by atoms with Gasteiger partial charge in [-0.3, -0.25) is 4.79 Å². The molecule has 0 unspecified atom stereocenters. The fourth-order valence-corrected chi connectivity index (χ4v) is 5.18. The number of hydrogen-bond donors (Lipinski definition) is 1. The molecule has 5 nitrogen and oxygen atoms in total. The second kappa shape index (κ2) is 8.63. The first-order valence-electron chi connectivity index (χ1n) is 9.77. The van der Waals surface area contributed by atoms with E-state index >= 15 is 0 Å². The number of nitrogens with one attached hydrogen (secondary N) is 1. The Morgan fingerprint density at radius 2 is 1.66 bits per heavy atom. The first-order chi connectivity index (χ1) is 13.7. The number of sulfonamides is 1. The summed E-state index contributed by atoms with van der Waals surface area (Å²) in [6.45, 7) is 4.42. The minimum absolute atomic E-state index is 0.0255. The Hall–Kier alpha value is -2.25. The summed E-state index contributed by atoms with van der Waals surface area (Å²) in [5, 5.41) is 3.03. The number of carbonyl (C=O) groups excluding carboxylic acids is 1. The molecule has 2 aromatic carbocycles. The van der Waals surface area contributed by atoms with Crippen LogP contribution in [0.4, 0.5) is 4.39 Å². The largest absolute Gasteiger partial charge is 0.347 e. The molecule has 1 aliphatic rings. The first-order valence-corrected chi connectivity index (χ1v) is 11.4. The van der Waals surface area contributed by atoms with Crippen molar-refractivity contribution in [3.8, 4) is 0 Å². The molecule has 0 saturated carbocycles. The van der Waals surface area contributed by atoms with Crippen molar-refractivity contribution in [1.29, 1.82) is 0 Å². The molecular weight excluding hydrogens is 391 g/mol. The fraction of sp³-hybridized carbons (Fsp3) is 0.409. The van der Waals surface area contributed by atoms with Crippen LogP contribution in [0.1, 0.15) is 37.8 Å². The Morgan fingerprint density at radius 1 is 1.07 bits per heavy atom. The number of benzene rings is 2. The molecule has 0 aliphatic carbocycles. The molecule has 0 atom stereocenters. The number of amides is 1. The second-order valence-corrected chi connectivity index (χ2v) is 10.0. The van der Waals surface area contributed by atoms with E-state index in [1.165, 1.54) is 16.4 Å². The molecule has 7 heteroatoms. The summed E-state index contributed by atoms with van der Waals surface area (Å²) in [5.41, 5.74) is 0.935. The zero-order valence-corrected chi connectivity index (χ0v) is 17.6. The van der Waals surface area contributed by atoms with Crippen LogP contribution in [0.5, 0.6) is 0 Å². The van der Waals surface area contributed by atoms with E-state index in [1.54, 1.807) is 24.3 Å². The van der Waals surface area contributed by atoms with Crippen molar-refractivity contribution in [3.63, 3.8) is 0 Å². The maximum atomic E-state index is 13.2. The number of nitrogens with zero attached hydrogens (tertiary/aromatic N) is 1.